The normalized spacial score (nSPS) is 30.6. The van der Waals surface area contributed by atoms with Crippen molar-refractivity contribution in [3.05, 3.63) is 11.6 Å². The molecule has 0 aromatic rings. The fraction of sp³-hybridized carbons (Fsp3) is 0.825. The molecule has 2 saturated heterocycles. The predicted octanol–water partition coefficient (Wildman–Crippen LogP) is 1.77. The van der Waals surface area contributed by atoms with Gasteiger partial charge in [-0.2, -0.15) is 0 Å². The zero-order valence-corrected chi connectivity index (χ0v) is 33.7. The maximum absolute atomic E-state index is 14.0. The first-order valence-corrected chi connectivity index (χ1v) is 19.9. The minimum Gasteiger partial charge on any atom is -0.459 e. The van der Waals surface area contributed by atoms with E-state index in [-0.39, 0.29) is 30.9 Å². The number of nitrogens with zero attached hydrogens (tertiary/aromatic N) is 1. The van der Waals surface area contributed by atoms with Crippen LogP contribution < -0.4 is 5.73 Å². The van der Waals surface area contributed by atoms with Crippen LogP contribution in [-0.4, -0.2) is 136 Å². The average Bonchev–Trinajstić information content (AvgIpc) is 3.16. The van der Waals surface area contributed by atoms with E-state index < -0.39 is 101 Å². The maximum Gasteiger partial charge on any atom is 0.329 e. The molecule has 1 saturated carbocycles. The van der Waals surface area contributed by atoms with Crippen LogP contribution in [0, 0.1) is 23.7 Å². The lowest BCUT2D eigenvalue weighted by molar-refractivity contribution is -0.264. The number of nitrogens with two attached hydrogens (primary N) is 1. The quantitative estimate of drug-likeness (QED) is 0.0715. The summed E-state index contributed by atoms with van der Waals surface area (Å²) in [6, 6.07) is -2.02. The van der Waals surface area contributed by atoms with Gasteiger partial charge in [-0.3, -0.25) is 19.2 Å². The second-order valence-corrected chi connectivity index (χ2v) is 16.2. The van der Waals surface area contributed by atoms with Crippen molar-refractivity contribution in [2.24, 2.45) is 29.4 Å². The Morgan fingerprint density at radius 1 is 1.00 bits per heavy atom. The molecular weight excluding hydrogens is 716 g/mol. The Balaban J connectivity index is 1.83. The van der Waals surface area contributed by atoms with Crippen molar-refractivity contribution in [3.63, 3.8) is 0 Å². The molecule has 1 amide bonds. The Morgan fingerprint density at radius 3 is 2.33 bits per heavy atom. The van der Waals surface area contributed by atoms with Crippen molar-refractivity contribution in [1.82, 2.24) is 4.90 Å². The third-order valence-electron chi connectivity index (χ3n) is 11.7. The number of esters is 1. The highest BCUT2D eigenvalue weighted by Gasteiger charge is 2.52. The zero-order chi connectivity index (χ0) is 41.2. The molecule has 15 nitrogen and oxygen atoms in total. The number of ketones is 3. The fourth-order valence-corrected chi connectivity index (χ4v) is 7.92. The van der Waals surface area contributed by atoms with Crippen LogP contribution in [0.3, 0.4) is 0 Å². The number of aliphatic hydroxyl groups is 4. The summed E-state index contributed by atoms with van der Waals surface area (Å²) < 4.78 is 22.4. The van der Waals surface area contributed by atoms with E-state index >= 15 is 0 Å². The van der Waals surface area contributed by atoms with Crippen LogP contribution >= 0.6 is 0 Å². The Labute approximate surface area is 325 Å². The number of methoxy groups -OCH3 is 2. The standard InChI is InChI=1S/C40H66N2O13/c1-22(2)34(45)36(47)35(46)24(4)18-23(3)31(44)21-32(28(41)19-26-12-14-30(43)33(20-26)53-7)54-39(50)29-10-8-9-16-42(29)38(49)37(48)40(51)25(5)11-13-27(55-40)15-17-52-6/h18,22-23,25-30,32-33,35-36,43,46-47,51H,8-17,19-21,41H2,1-7H3/b24-18+/t23-,25-,26+,27+,28-,29+,30-,32+,33-,35-,36+,40-/m1/s1. The topological polar surface area (TPSA) is 232 Å². The van der Waals surface area contributed by atoms with Gasteiger partial charge in [-0.1, -0.05) is 33.8 Å². The van der Waals surface area contributed by atoms with Gasteiger partial charge in [0, 0.05) is 57.6 Å². The largest absolute Gasteiger partial charge is 0.459 e. The van der Waals surface area contributed by atoms with Gasteiger partial charge in [0.15, 0.2) is 5.78 Å². The van der Waals surface area contributed by atoms with Gasteiger partial charge in [-0.15, -0.1) is 0 Å². The minimum absolute atomic E-state index is 0.00864. The van der Waals surface area contributed by atoms with Gasteiger partial charge in [-0.25, -0.2) is 4.79 Å². The number of carbonyl (C=O) groups is 5. The van der Waals surface area contributed by atoms with Gasteiger partial charge in [0.25, 0.3) is 11.7 Å². The molecule has 15 heteroatoms. The minimum atomic E-state index is -2.38. The van der Waals surface area contributed by atoms with Gasteiger partial charge in [-0.05, 0) is 82.6 Å². The lowest BCUT2D eigenvalue weighted by atomic mass is 9.80. The van der Waals surface area contributed by atoms with E-state index in [4.69, 9.17) is 24.7 Å². The van der Waals surface area contributed by atoms with Crippen LogP contribution in [0.2, 0.25) is 0 Å². The summed E-state index contributed by atoms with van der Waals surface area (Å²) in [6.45, 7) is 8.34. The summed E-state index contributed by atoms with van der Waals surface area (Å²) in [7, 11) is 3.05. The molecule has 3 fully saturated rings. The number of likely N-dealkylation sites (tertiary alicyclic amines) is 1. The van der Waals surface area contributed by atoms with Crippen LogP contribution in [0.1, 0.15) is 105 Å². The second-order valence-electron chi connectivity index (χ2n) is 16.2. The zero-order valence-electron chi connectivity index (χ0n) is 33.7. The number of aliphatic hydroxyl groups excluding tert-OH is 3. The van der Waals surface area contributed by atoms with Crippen molar-refractivity contribution in [2.45, 2.75) is 160 Å². The summed E-state index contributed by atoms with van der Waals surface area (Å²) in [5, 5.41) is 42.8. The Morgan fingerprint density at radius 2 is 1.69 bits per heavy atom. The predicted molar refractivity (Wildman–Crippen MR) is 200 cm³/mol. The van der Waals surface area contributed by atoms with E-state index in [1.165, 1.54) is 27.2 Å². The van der Waals surface area contributed by atoms with E-state index in [1.54, 1.807) is 27.7 Å². The lowest BCUT2D eigenvalue weighted by Crippen LogP contribution is -2.61. The Hall–Kier alpha value is -2.63. The van der Waals surface area contributed by atoms with Gasteiger partial charge >= 0.3 is 5.97 Å². The molecule has 0 aromatic heterocycles. The van der Waals surface area contributed by atoms with Crippen molar-refractivity contribution in [1.29, 1.82) is 0 Å². The number of piperidine rings is 1. The molecule has 314 valence electrons. The van der Waals surface area contributed by atoms with Crippen LogP contribution in [0.5, 0.6) is 0 Å². The van der Waals surface area contributed by atoms with Crippen molar-refractivity contribution < 1.29 is 63.3 Å². The second kappa shape index (κ2) is 21.2. The molecular formula is C40H66N2O13. The number of rotatable bonds is 19. The van der Waals surface area contributed by atoms with E-state index in [2.05, 4.69) is 0 Å². The molecule has 55 heavy (non-hydrogen) atoms. The highest BCUT2D eigenvalue weighted by Crippen LogP contribution is 2.36. The number of amides is 1. The number of carbonyl (C=O) groups excluding carboxylic acids is 5. The number of Topliss-reactive ketones (excluding diaryl/α,β-unsaturated/α-hetero) is 3. The average molecular weight is 783 g/mol. The molecule has 0 aromatic carbocycles. The summed E-state index contributed by atoms with van der Waals surface area (Å²) in [5.41, 5.74) is 6.93. The van der Waals surface area contributed by atoms with Gasteiger partial charge in [0.05, 0.1) is 18.3 Å². The first-order valence-electron chi connectivity index (χ1n) is 19.9. The van der Waals surface area contributed by atoms with Crippen LogP contribution in [0.4, 0.5) is 0 Å². The molecule has 6 N–H and O–H groups in total. The molecule has 0 unspecified atom stereocenters. The molecule has 0 bridgehead atoms. The molecule has 3 rings (SSSR count). The first kappa shape index (κ1) is 46.8. The fourth-order valence-electron chi connectivity index (χ4n) is 7.92. The number of allylic oxidation sites excluding steroid dienone is 1. The van der Waals surface area contributed by atoms with E-state index in [1.807, 2.05) is 0 Å². The van der Waals surface area contributed by atoms with Gasteiger partial charge in [0.2, 0.25) is 5.79 Å². The summed E-state index contributed by atoms with van der Waals surface area (Å²) in [6.07, 6.45) is -0.0554. The van der Waals surface area contributed by atoms with Crippen molar-refractivity contribution in [2.75, 3.05) is 27.4 Å². The van der Waals surface area contributed by atoms with Gasteiger partial charge in [0.1, 0.15) is 30.1 Å². The highest BCUT2D eigenvalue weighted by atomic mass is 16.6. The number of hydrogen-bond donors (Lipinski definition) is 5. The smallest absolute Gasteiger partial charge is 0.329 e. The molecule has 2 aliphatic heterocycles. The van der Waals surface area contributed by atoms with Crippen LogP contribution in [0.25, 0.3) is 0 Å². The molecule has 2 heterocycles. The van der Waals surface area contributed by atoms with E-state index in [0.717, 1.165) is 4.90 Å². The Kier molecular flexibility index (Phi) is 18.0. The molecule has 3 aliphatic rings. The Bertz CT molecular complexity index is 1350. The number of ether oxygens (including phenoxy) is 4. The first-order chi connectivity index (χ1) is 25.9. The third kappa shape index (κ3) is 12.2. The van der Waals surface area contributed by atoms with Gasteiger partial charge < -0.3 is 50.0 Å². The molecule has 12 atom stereocenters. The SMILES string of the molecule is COCC[C@@H]1CC[C@@H](C)[C@](O)(C(=O)C(=O)N2CCCC[C@H]2C(=O)O[C@@H](CC(=O)[C@H](C)/C=C(\C)[C@@H](O)[C@@H](O)C(=O)C(C)C)[C@H](N)C[C@@H]2CC[C@@H](O)[C@H](OC)C2)O1. The third-order valence-corrected chi connectivity index (χ3v) is 11.7. The van der Waals surface area contributed by atoms with E-state index in [0.29, 0.717) is 64.4 Å². The van der Waals surface area contributed by atoms with Crippen LogP contribution in [0.15, 0.2) is 11.6 Å². The number of hydrogen-bond acceptors (Lipinski definition) is 14. The monoisotopic (exact) mass is 782 g/mol. The van der Waals surface area contributed by atoms with Crippen molar-refractivity contribution >= 4 is 29.2 Å². The highest BCUT2D eigenvalue weighted by molar-refractivity contribution is 6.39. The van der Waals surface area contributed by atoms with Crippen LogP contribution in [-0.2, 0) is 42.9 Å². The summed E-state index contributed by atoms with van der Waals surface area (Å²) >= 11 is 0. The summed E-state index contributed by atoms with van der Waals surface area (Å²) in [4.78, 5) is 68.7. The van der Waals surface area contributed by atoms with Crippen molar-refractivity contribution in [3.8, 4) is 0 Å². The van der Waals surface area contributed by atoms with E-state index in [9.17, 15) is 44.4 Å². The maximum atomic E-state index is 14.0. The molecule has 0 radical (unpaired) electrons. The lowest BCUT2D eigenvalue weighted by Gasteiger charge is -2.42. The molecule has 1 aliphatic carbocycles. The summed E-state index contributed by atoms with van der Waals surface area (Å²) in [5.74, 6) is -8.39. The molecule has 0 spiro atoms.